The topological polar surface area (TPSA) is 44.8 Å². The van der Waals surface area contributed by atoms with Crippen molar-refractivity contribution in [3.63, 3.8) is 0 Å². The summed E-state index contributed by atoms with van der Waals surface area (Å²) in [6.07, 6.45) is 1.45. The number of ether oxygens (including phenoxy) is 3. The molecule has 0 amide bonds. The zero-order valence-electron chi connectivity index (χ0n) is 19.0. The number of carbonyl (C=O) groups excluding carboxylic acids is 1. The zero-order valence-corrected chi connectivity index (χ0v) is 19.0. The number of rotatable bonds is 7. The highest BCUT2D eigenvalue weighted by Crippen LogP contribution is 2.42. The second kappa shape index (κ2) is 9.31. The number of fused-ring (bicyclic) bond motifs is 1. The van der Waals surface area contributed by atoms with E-state index in [0.29, 0.717) is 12.0 Å². The van der Waals surface area contributed by atoms with E-state index in [1.165, 1.54) is 5.56 Å². The van der Waals surface area contributed by atoms with E-state index >= 15 is 0 Å². The highest BCUT2D eigenvalue weighted by molar-refractivity contribution is 6.15. The predicted molar refractivity (Wildman–Crippen MR) is 127 cm³/mol. The zero-order chi connectivity index (χ0) is 22.7. The monoisotopic (exact) mass is 428 g/mol. The number of hydrogen-bond donors (Lipinski definition) is 0. The Kier molecular flexibility index (Phi) is 6.31. The van der Waals surface area contributed by atoms with Crippen LogP contribution in [0.1, 0.15) is 47.3 Å². The van der Waals surface area contributed by atoms with Gasteiger partial charge in [0.05, 0.1) is 20.3 Å². The van der Waals surface area contributed by atoms with Crippen LogP contribution in [0, 0.1) is 0 Å². The lowest BCUT2D eigenvalue weighted by Gasteiger charge is -2.26. The summed E-state index contributed by atoms with van der Waals surface area (Å²) in [5.41, 5.74) is 5.54. The molecule has 3 aromatic carbocycles. The highest BCUT2D eigenvalue weighted by Gasteiger charge is 2.27. The first kappa shape index (κ1) is 21.7. The van der Waals surface area contributed by atoms with Crippen LogP contribution in [0.4, 0.5) is 0 Å². The number of para-hydroxylation sites is 1. The summed E-state index contributed by atoms with van der Waals surface area (Å²) >= 11 is 0. The molecular formula is C28H28O4. The van der Waals surface area contributed by atoms with Crippen LogP contribution < -0.4 is 14.2 Å². The van der Waals surface area contributed by atoms with Gasteiger partial charge in [-0.2, -0.15) is 0 Å². The number of carbonyl (C=O) groups is 1. The molecule has 0 saturated heterocycles. The summed E-state index contributed by atoms with van der Waals surface area (Å²) < 4.78 is 16.8. The summed E-state index contributed by atoms with van der Waals surface area (Å²) in [5, 5.41) is 0. The molecule has 0 fully saturated rings. The van der Waals surface area contributed by atoms with E-state index in [2.05, 4.69) is 12.1 Å². The van der Waals surface area contributed by atoms with Gasteiger partial charge in [0, 0.05) is 16.7 Å². The summed E-state index contributed by atoms with van der Waals surface area (Å²) in [5.74, 6) is 2.36. The van der Waals surface area contributed by atoms with Gasteiger partial charge in [-0.1, -0.05) is 24.3 Å². The summed E-state index contributed by atoms with van der Waals surface area (Å²) in [4.78, 5) is 13.7. The lowest BCUT2D eigenvalue weighted by Crippen LogP contribution is -2.15. The fraction of sp³-hybridized carbons (Fsp3) is 0.250. The molecule has 0 aliphatic heterocycles. The van der Waals surface area contributed by atoms with Gasteiger partial charge >= 0.3 is 0 Å². The van der Waals surface area contributed by atoms with Crippen LogP contribution in [0.15, 0.2) is 72.3 Å². The quantitative estimate of drug-likeness (QED) is 0.425. The molecular weight excluding hydrogens is 400 g/mol. The Morgan fingerprint density at radius 2 is 1.50 bits per heavy atom. The molecule has 4 nitrogen and oxygen atoms in total. The van der Waals surface area contributed by atoms with Gasteiger partial charge in [0.15, 0.2) is 5.78 Å². The van der Waals surface area contributed by atoms with E-state index in [1.54, 1.807) is 14.2 Å². The maximum atomic E-state index is 13.7. The summed E-state index contributed by atoms with van der Waals surface area (Å²) in [6.45, 7) is 4.02. The van der Waals surface area contributed by atoms with Crippen molar-refractivity contribution >= 4 is 11.4 Å². The second-order valence-corrected chi connectivity index (χ2v) is 8.10. The van der Waals surface area contributed by atoms with Crippen LogP contribution in [0.25, 0.3) is 5.57 Å². The molecule has 32 heavy (non-hydrogen) atoms. The van der Waals surface area contributed by atoms with E-state index in [0.717, 1.165) is 45.9 Å². The average Bonchev–Trinajstić information content (AvgIpc) is 2.82. The Morgan fingerprint density at radius 3 is 2.19 bits per heavy atom. The maximum absolute atomic E-state index is 13.7. The van der Waals surface area contributed by atoms with Crippen LogP contribution in [0.2, 0.25) is 0 Å². The third-order valence-corrected chi connectivity index (χ3v) is 5.67. The summed E-state index contributed by atoms with van der Waals surface area (Å²) in [6, 6.07) is 21.3. The van der Waals surface area contributed by atoms with Crippen molar-refractivity contribution in [1.82, 2.24) is 0 Å². The third kappa shape index (κ3) is 4.26. The molecule has 0 saturated carbocycles. The van der Waals surface area contributed by atoms with Crippen LogP contribution in [-0.4, -0.2) is 26.1 Å². The molecule has 4 heteroatoms. The van der Waals surface area contributed by atoms with E-state index < -0.39 is 0 Å². The van der Waals surface area contributed by atoms with Gasteiger partial charge in [0.25, 0.3) is 0 Å². The van der Waals surface area contributed by atoms with E-state index in [4.69, 9.17) is 14.2 Å². The molecule has 0 heterocycles. The number of aryl methyl sites for hydroxylation is 1. The van der Waals surface area contributed by atoms with Gasteiger partial charge in [0.2, 0.25) is 0 Å². The molecule has 0 unspecified atom stereocenters. The number of Topliss-reactive ketones (excluding diaryl/α,β-unsaturated/α-hetero) is 1. The highest BCUT2D eigenvalue weighted by atomic mass is 16.5. The minimum atomic E-state index is 0.0245. The van der Waals surface area contributed by atoms with Gasteiger partial charge in [-0.3, -0.25) is 4.79 Å². The Labute approximate surface area is 189 Å². The van der Waals surface area contributed by atoms with Crippen molar-refractivity contribution in [3.05, 3.63) is 94.6 Å². The van der Waals surface area contributed by atoms with Crippen molar-refractivity contribution in [3.8, 4) is 17.2 Å². The molecule has 0 radical (unpaired) electrons. The standard InChI is InChI=1S/C28H28O4/c1-18(2)32-26-8-6-5-7-24(26)27-23-16-14-22(31-4)17-20(23)11-15-25(27)28(29)19-9-12-21(30-3)13-10-19/h5-10,12-14,16-18H,11,15H2,1-4H3. The van der Waals surface area contributed by atoms with Crippen molar-refractivity contribution in [2.45, 2.75) is 32.8 Å². The van der Waals surface area contributed by atoms with Crippen molar-refractivity contribution < 1.29 is 19.0 Å². The molecule has 0 bridgehead atoms. The van der Waals surface area contributed by atoms with E-state index in [1.807, 2.05) is 68.4 Å². The molecule has 4 rings (SSSR count). The average molecular weight is 429 g/mol. The van der Waals surface area contributed by atoms with E-state index in [-0.39, 0.29) is 11.9 Å². The second-order valence-electron chi connectivity index (χ2n) is 8.10. The Bertz CT molecular complexity index is 1160. The number of hydrogen-bond acceptors (Lipinski definition) is 4. The summed E-state index contributed by atoms with van der Waals surface area (Å²) in [7, 11) is 3.29. The molecule has 0 atom stereocenters. The van der Waals surface area contributed by atoms with Gasteiger partial charge in [-0.05, 0) is 85.9 Å². The van der Waals surface area contributed by atoms with Crippen molar-refractivity contribution in [1.29, 1.82) is 0 Å². The van der Waals surface area contributed by atoms with Gasteiger partial charge in [-0.15, -0.1) is 0 Å². The molecule has 0 aromatic heterocycles. The van der Waals surface area contributed by atoms with Crippen LogP contribution >= 0.6 is 0 Å². The fourth-order valence-corrected chi connectivity index (χ4v) is 4.18. The minimum absolute atomic E-state index is 0.0245. The normalized spacial score (nSPS) is 13.0. The lowest BCUT2D eigenvalue weighted by atomic mass is 9.79. The third-order valence-electron chi connectivity index (χ3n) is 5.67. The number of benzene rings is 3. The smallest absolute Gasteiger partial charge is 0.189 e. The predicted octanol–water partition coefficient (Wildman–Crippen LogP) is 6.12. The molecule has 0 spiro atoms. The Balaban J connectivity index is 1.91. The number of methoxy groups -OCH3 is 2. The first-order valence-electron chi connectivity index (χ1n) is 10.9. The molecule has 3 aromatic rings. The van der Waals surface area contributed by atoms with Gasteiger partial charge in [-0.25, -0.2) is 0 Å². The maximum Gasteiger partial charge on any atom is 0.189 e. The van der Waals surface area contributed by atoms with Crippen molar-refractivity contribution in [2.24, 2.45) is 0 Å². The number of ketones is 1. The SMILES string of the molecule is COc1ccc(C(=O)C2=C(c3ccccc3OC(C)C)c3ccc(OC)cc3CC2)cc1. The first-order valence-corrected chi connectivity index (χ1v) is 10.9. The molecule has 0 N–H and O–H groups in total. The first-order chi connectivity index (χ1) is 15.5. The van der Waals surface area contributed by atoms with E-state index in [9.17, 15) is 4.79 Å². The van der Waals surface area contributed by atoms with Gasteiger partial charge < -0.3 is 14.2 Å². The molecule has 1 aliphatic rings. The lowest BCUT2D eigenvalue weighted by molar-refractivity contribution is 0.103. The van der Waals surface area contributed by atoms with Crippen molar-refractivity contribution in [2.75, 3.05) is 14.2 Å². The van der Waals surface area contributed by atoms with Gasteiger partial charge in [0.1, 0.15) is 17.2 Å². The van der Waals surface area contributed by atoms with Crippen LogP contribution in [0.5, 0.6) is 17.2 Å². The fourth-order valence-electron chi connectivity index (χ4n) is 4.18. The largest absolute Gasteiger partial charge is 0.497 e. The Hall–Kier alpha value is -3.53. The molecule has 164 valence electrons. The van der Waals surface area contributed by atoms with Crippen LogP contribution in [-0.2, 0) is 6.42 Å². The Morgan fingerprint density at radius 1 is 0.812 bits per heavy atom. The minimum Gasteiger partial charge on any atom is -0.497 e. The number of allylic oxidation sites excluding steroid dienone is 1. The molecule has 1 aliphatic carbocycles. The van der Waals surface area contributed by atoms with Crippen LogP contribution in [0.3, 0.4) is 0 Å².